The average Bonchev–Trinajstić information content (AvgIpc) is 3.28. The van der Waals surface area contributed by atoms with Gasteiger partial charge in [0.05, 0.1) is 26.9 Å². The molecule has 1 aromatic heterocycles. The molecule has 0 saturated carbocycles. The average molecular weight is 431 g/mol. The third-order valence-corrected chi connectivity index (χ3v) is 5.95. The zero-order chi connectivity index (χ0) is 21.0. The fourth-order valence-corrected chi connectivity index (χ4v) is 4.28. The van der Waals surface area contributed by atoms with Crippen LogP contribution in [0.2, 0.25) is 0 Å². The lowest BCUT2D eigenvalue weighted by atomic mass is 10.0. The number of aliphatic imine (C=N–C) groups is 1. The molecule has 0 spiro atoms. The second-order valence-electron chi connectivity index (χ2n) is 7.45. The SMILES string of the molecule is CCNC(=NCCOCc1ccccc1OC)NC1CCN(Cc2ccsc2)CC1. The molecule has 2 N–H and O–H groups in total. The Bertz CT molecular complexity index is 758. The third kappa shape index (κ3) is 7.31. The second-order valence-corrected chi connectivity index (χ2v) is 8.23. The smallest absolute Gasteiger partial charge is 0.191 e. The molecule has 0 unspecified atom stereocenters. The number of para-hydroxylation sites is 1. The van der Waals surface area contributed by atoms with Crippen LogP contribution >= 0.6 is 11.3 Å². The van der Waals surface area contributed by atoms with Crippen molar-refractivity contribution in [2.75, 3.05) is 39.9 Å². The predicted molar refractivity (Wildman–Crippen MR) is 124 cm³/mol. The van der Waals surface area contributed by atoms with E-state index in [4.69, 9.17) is 9.47 Å². The van der Waals surface area contributed by atoms with Crippen LogP contribution in [0.4, 0.5) is 0 Å². The van der Waals surface area contributed by atoms with Gasteiger partial charge in [-0.2, -0.15) is 11.3 Å². The summed E-state index contributed by atoms with van der Waals surface area (Å²) in [4.78, 5) is 7.22. The van der Waals surface area contributed by atoms with E-state index < -0.39 is 0 Å². The van der Waals surface area contributed by atoms with Crippen LogP contribution in [-0.4, -0.2) is 56.8 Å². The molecule has 1 aliphatic heterocycles. The highest BCUT2D eigenvalue weighted by Crippen LogP contribution is 2.18. The molecule has 3 rings (SSSR count). The summed E-state index contributed by atoms with van der Waals surface area (Å²) < 4.78 is 11.2. The van der Waals surface area contributed by atoms with Crippen LogP contribution in [0.5, 0.6) is 5.75 Å². The van der Waals surface area contributed by atoms with E-state index in [-0.39, 0.29) is 0 Å². The third-order valence-electron chi connectivity index (χ3n) is 5.21. The van der Waals surface area contributed by atoms with Gasteiger partial charge in [0.25, 0.3) is 0 Å². The first-order chi connectivity index (χ1) is 14.8. The van der Waals surface area contributed by atoms with E-state index in [0.717, 1.165) is 56.3 Å². The maximum atomic E-state index is 5.80. The number of hydrogen-bond donors (Lipinski definition) is 2. The molecule has 1 saturated heterocycles. The fourth-order valence-electron chi connectivity index (χ4n) is 3.62. The van der Waals surface area contributed by atoms with Crippen molar-refractivity contribution in [1.82, 2.24) is 15.5 Å². The van der Waals surface area contributed by atoms with Crippen molar-refractivity contribution in [3.8, 4) is 5.75 Å². The normalized spacial score (nSPS) is 15.9. The van der Waals surface area contributed by atoms with Crippen LogP contribution in [0.25, 0.3) is 0 Å². The summed E-state index contributed by atoms with van der Waals surface area (Å²) in [5.41, 5.74) is 2.48. The van der Waals surface area contributed by atoms with Crippen molar-refractivity contribution in [2.24, 2.45) is 4.99 Å². The largest absolute Gasteiger partial charge is 0.496 e. The predicted octanol–water partition coefficient (Wildman–Crippen LogP) is 3.49. The lowest BCUT2D eigenvalue weighted by molar-refractivity contribution is 0.126. The first kappa shape index (κ1) is 22.6. The van der Waals surface area contributed by atoms with E-state index in [9.17, 15) is 0 Å². The van der Waals surface area contributed by atoms with Crippen LogP contribution in [0.1, 0.15) is 30.9 Å². The Hall–Kier alpha value is -2.09. The summed E-state index contributed by atoms with van der Waals surface area (Å²) in [6.45, 7) is 7.99. The van der Waals surface area contributed by atoms with Gasteiger partial charge >= 0.3 is 0 Å². The van der Waals surface area contributed by atoms with Crippen molar-refractivity contribution < 1.29 is 9.47 Å². The van der Waals surface area contributed by atoms with Gasteiger partial charge in [0.2, 0.25) is 0 Å². The topological polar surface area (TPSA) is 58.1 Å². The highest BCUT2D eigenvalue weighted by molar-refractivity contribution is 7.07. The van der Waals surface area contributed by atoms with E-state index in [0.29, 0.717) is 25.8 Å². The number of nitrogens with zero attached hydrogens (tertiary/aromatic N) is 2. The molecule has 1 aliphatic rings. The number of guanidine groups is 1. The minimum atomic E-state index is 0.469. The number of ether oxygens (including phenoxy) is 2. The zero-order valence-corrected chi connectivity index (χ0v) is 18.9. The van der Waals surface area contributed by atoms with Gasteiger partial charge in [-0.1, -0.05) is 18.2 Å². The molecule has 0 radical (unpaired) electrons. The number of methoxy groups -OCH3 is 1. The van der Waals surface area contributed by atoms with E-state index >= 15 is 0 Å². The van der Waals surface area contributed by atoms with Crippen molar-refractivity contribution in [3.63, 3.8) is 0 Å². The Labute approximate surface area is 184 Å². The minimum Gasteiger partial charge on any atom is -0.496 e. The van der Waals surface area contributed by atoms with Crippen LogP contribution in [0.3, 0.4) is 0 Å². The maximum Gasteiger partial charge on any atom is 0.191 e. The Morgan fingerprint density at radius 3 is 2.80 bits per heavy atom. The molecule has 6 nitrogen and oxygen atoms in total. The highest BCUT2D eigenvalue weighted by atomic mass is 32.1. The Balaban J connectivity index is 1.38. The standard InChI is InChI=1S/C23H34N4O2S/c1-3-24-23(25-11-14-29-17-20-6-4-5-7-22(20)28-2)26-21-8-12-27(13-9-21)16-19-10-15-30-18-19/h4-7,10,15,18,21H,3,8-9,11-14,16-17H2,1-2H3,(H2,24,25,26). The number of piperidine rings is 1. The van der Waals surface area contributed by atoms with Gasteiger partial charge in [-0.15, -0.1) is 0 Å². The first-order valence-electron chi connectivity index (χ1n) is 10.8. The second kappa shape index (κ2) is 12.6. The summed E-state index contributed by atoms with van der Waals surface area (Å²) in [6, 6.07) is 10.6. The summed E-state index contributed by atoms with van der Waals surface area (Å²) in [7, 11) is 1.68. The van der Waals surface area contributed by atoms with Gasteiger partial charge in [-0.05, 0) is 48.2 Å². The minimum absolute atomic E-state index is 0.469. The van der Waals surface area contributed by atoms with E-state index in [1.54, 1.807) is 18.4 Å². The molecule has 30 heavy (non-hydrogen) atoms. The number of hydrogen-bond acceptors (Lipinski definition) is 5. The van der Waals surface area contributed by atoms with Gasteiger partial charge in [0.1, 0.15) is 5.75 Å². The van der Waals surface area contributed by atoms with Gasteiger partial charge in [-0.25, -0.2) is 0 Å². The Morgan fingerprint density at radius 2 is 2.07 bits per heavy atom. The molecule has 1 fully saturated rings. The van der Waals surface area contributed by atoms with Crippen LogP contribution in [-0.2, 0) is 17.9 Å². The quantitative estimate of drug-likeness (QED) is 0.343. The number of thiophene rings is 1. The molecule has 2 heterocycles. The summed E-state index contributed by atoms with van der Waals surface area (Å²) in [5.74, 6) is 1.75. The lowest BCUT2D eigenvalue weighted by Gasteiger charge is -2.33. The summed E-state index contributed by atoms with van der Waals surface area (Å²) >= 11 is 1.77. The molecular formula is C23H34N4O2S. The van der Waals surface area contributed by atoms with Gasteiger partial charge in [0, 0.05) is 37.8 Å². The van der Waals surface area contributed by atoms with E-state index in [2.05, 4.69) is 44.3 Å². The fraction of sp³-hybridized carbons (Fsp3) is 0.522. The number of nitrogens with one attached hydrogen (secondary N) is 2. The van der Waals surface area contributed by atoms with Crippen molar-refractivity contribution in [1.29, 1.82) is 0 Å². The monoisotopic (exact) mass is 430 g/mol. The van der Waals surface area contributed by atoms with Crippen LogP contribution < -0.4 is 15.4 Å². The highest BCUT2D eigenvalue weighted by Gasteiger charge is 2.20. The number of rotatable bonds is 10. The Kier molecular flexibility index (Phi) is 9.47. The molecule has 1 aromatic carbocycles. The Morgan fingerprint density at radius 1 is 1.23 bits per heavy atom. The van der Waals surface area contributed by atoms with Gasteiger partial charge in [-0.3, -0.25) is 9.89 Å². The maximum absolute atomic E-state index is 5.80. The summed E-state index contributed by atoms with van der Waals surface area (Å²) in [5, 5.41) is 11.4. The molecule has 0 amide bonds. The molecule has 7 heteroatoms. The number of likely N-dealkylation sites (tertiary alicyclic amines) is 1. The van der Waals surface area contributed by atoms with Crippen LogP contribution in [0.15, 0.2) is 46.1 Å². The molecule has 164 valence electrons. The molecule has 0 aliphatic carbocycles. The van der Waals surface area contributed by atoms with Gasteiger partial charge in [0.15, 0.2) is 5.96 Å². The molecule has 2 aromatic rings. The van der Waals surface area contributed by atoms with E-state index in [1.165, 1.54) is 5.56 Å². The lowest BCUT2D eigenvalue weighted by Crippen LogP contribution is -2.48. The summed E-state index contributed by atoms with van der Waals surface area (Å²) in [6.07, 6.45) is 2.28. The van der Waals surface area contributed by atoms with Crippen molar-refractivity contribution >= 4 is 17.3 Å². The number of benzene rings is 1. The van der Waals surface area contributed by atoms with E-state index in [1.807, 2.05) is 24.3 Å². The zero-order valence-electron chi connectivity index (χ0n) is 18.1. The molecular weight excluding hydrogens is 396 g/mol. The molecule has 0 bridgehead atoms. The van der Waals surface area contributed by atoms with Gasteiger partial charge < -0.3 is 20.1 Å². The molecule has 0 atom stereocenters. The van der Waals surface area contributed by atoms with Crippen LogP contribution in [0, 0.1) is 0 Å². The van der Waals surface area contributed by atoms with Crippen molar-refractivity contribution in [3.05, 3.63) is 52.2 Å². The first-order valence-corrected chi connectivity index (χ1v) is 11.7. The van der Waals surface area contributed by atoms with Crippen molar-refractivity contribution in [2.45, 2.75) is 39.0 Å².